The van der Waals surface area contributed by atoms with E-state index in [9.17, 15) is 4.79 Å². The number of anilines is 1. The molecule has 0 saturated carbocycles. The lowest BCUT2D eigenvalue weighted by Crippen LogP contribution is -2.49. The smallest absolute Gasteiger partial charge is 0.232 e. The predicted molar refractivity (Wildman–Crippen MR) is 111 cm³/mol. The van der Waals surface area contributed by atoms with Gasteiger partial charge in [0.15, 0.2) is 0 Å². The highest BCUT2D eigenvalue weighted by Gasteiger charge is 2.21. The van der Waals surface area contributed by atoms with Crippen LogP contribution >= 0.6 is 39.3 Å². The number of halogens is 2. The molecule has 0 N–H and O–H groups in total. The van der Waals surface area contributed by atoms with E-state index in [1.165, 1.54) is 5.56 Å². The maximum Gasteiger partial charge on any atom is 0.232 e. The third-order valence-electron chi connectivity index (χ3n) is 4.21. The number of piperazine rings is 1. The number of hydrogen-bond donors (Lipinski definition) is 0. The number of thioether (sulfide) groups is 1. The minimum Gasteiger partial charge on any atom is -0.368 e. The van der Waals surface area contributed by atoms with E-state index in [0.29, 0.717) is 5.75 Å². The highest BCUT2D eigenvalue weighted by Crippen LogP contribution is 2.21. The van der Waals surface area contributed by atoms with Gasteiger partial charge in [-0.25, -0.2) is 0 Å². The summed E-state index contributed by atoms with van der Waals surface area (Å²) in [5, 5.41) is 0.750. The van der Waals surface area contributed by atoms with E-state index in [-0.39, 0.29) is 5.91 Å². The molecule has 2 aromatic carbocycles. The van der Waals surface area contributed by atoms with Gasteiger partial charge in [-0.15, -0.1) is 11.8 Å². The first-order chi connectivity index (χ1) is 12.1. The summed E-state index contributed by atoms with van der Waals surface area (Å²) in [5.41, 5.74) is 2.37. The van der Waals surface area contributed by atoms with Crippen molar-refractivity contribution in [2.24, 2.45) is 0 Å². The van der Waals surface area contributed by atoms with E-state index in [4.69, 9.17) is 11.6 Å². The van der Waals surface area contributed by atoms with Crippen LogP contribution in [0.4, 0.5) is 5.69 Å². The van der Waals surface area contributed by atoms with Crippen molar-refractivity contribution in [3.05, 3.63) is 63.6 Å². The molecule has 25 heavy (non-hydrogen) atoms. The molecule has 0 aromatic heterocycles. The predicted octanol–water partition coefficient (Wildman–Crippen LogP) is 4.68. The van der Waals surface area contributed by atoms with Gasteiger partial charge in [-0.2, -0.15) is 0 Å². The van der Waals surface area contributed by atoms with Crippen molar-refractivity contribution >= 4 is 50.9 Å². The first-order valence-electron chi connectivity index (χ1n) is 8.22. The van der Waals surface area contributed by atoms with E-state index < -0.39 is 0 Å². The van der Waals surface area contributed by atoms with E-state index in [1.807, 2.05) is 35.2 Å². The molecule has 1 saturated heterocycles. The molecule has 0 radical (unpaired) electrons. The minimum atomic E-state index is 0.229. The van der Waals surface area contributed by atoms with Gasteiger partial charge in [0.1, 0.15) is 0 Å². The van der Waals surface area contributed by atoms with Crippen LogP contribution in [-0.2, 0) is 10.5 Å². The summed E-state index contributed by atoms with van der Waals surface area (Å²) in [7, 11) is 0. The maximum absolute atomic E-state index is 12.4. The van der Waals surface area contributed by atoms with Gasteiger partial charge < -0.3 is 9.80 Å². The van der Waals surface area contributed by atoms with Crippen molar-refractivity contribution in [3.8, 4) is 0 Å². The second kappa shape index (κ2) is 8.97. The molecule has 0 spiro atoms. The molecule has 6 heteroatoms. The fraction of sp³-hybridized carbons (Fsp3) is 0.316. The summed E-state index contributed by atoms with van der Waals surface area (Å²) in [4.78, 5) is 16.6. The monoisotopic (exact) mass is 438 g/mol. The van der Waals surface area contributed by atoms with Gasteiger partial charge in [0, 0.05) is 47.1 Å². The third kappa shape index (κ3) is 5.40. The van der Waals surface area contributed by atoms with Crippen molar-refractivity contribution in [2.45, 2.75) is 5.75 Å². The second-order valence-electron chi connectivity index (χ2n) is 5.97. The maximum atomic E-state index is 12.4. The van der Waals surface area contributed by atoms with Crippen LogP contribution in [0, 0.1) is 0 Å². The fourth-order valence-electron chi connectivity index (χ4n) is 2.81. The van der Waals surface area contributed by atoms with Crippen LogP contribution in [0.15, 0.2) is 53.0 Å². The first kappa shape index (κ1) is 18.6. The van der Waals surface area contributed by atoms with Crippen molar-refractivity contribution in [1.82, 2.24) is 4.90 Å². The molecule has 1 heterocycles. The molecule has 0 bridgehead atoms. The molecule has 1 aliphatic heterocycles. The van der Waals surface area contributed by atoms with Gasteiger partial charge in [-0.1, -0.05) is 45.7 Å². The summed E-state index contributed by atoms with van der Waals surface area (Å²) in [6, 6.07) is 16.1. The molecule has 1 amide bonds. The average molecular weight is 440 g/mol. The number of hydrogen-bond acceptors (Lipinski definition) is 3. The summed E-state index contributed by atoms with van der Waals surface area (Å²) >= 11 is 11.2. The quantitative estimate of drug-likeness (QED) is 0.675. The van der Waals surface area contributed by atoms with Crippen molar-refractivity contribution in [2.75, 3.05) is 36.8 Å². The van der Waals surface area contributed by atoms with Crippen LogP contribution in [0.25, 0.3) is 0 Å². The molecule has 132 valence electrons. The number of nitrogens with zero attached hydrogens (tertiary/aromatic N) is 2. The third-order valence-corrected chi connectivity index (χ3v) is 5.97. The normalized spacial score (nSPS) is 14.6. The largest absolute Gasteiger partial charge is 0.368 e. The average Bonchev–Trinajstić information content (AvgIpc) is 2.63. The van der Waals surface area contributed by atoms with Crippen molar-refractivity contribution < 1.29 is 4.79 Å². The zero-order valence-electron chi connectivity index (χ0n) is 13.8. The van der Waals surface area contributed by atoms with Crippen LogP contribution in [0.5, 0.6) is 0 Å². The van der Waals surface area contributed by atoms with Gasteiger partial charge in [0.2, 0.25) is 5.91 Å². The van der Waals surface area contributed by atoms with E-state index in [2.05, 4.69) is 39.0 Å². The molecule has 0 atom stereocenters. The Hall–Kier alpha value is -1.17. The van der Waals surface area contributed by atoms with Gasteiger partial charge in [0.25, 0.3) is 0 Å². The van der Waals surface area contributed by atoms with Gasteiger partial charge in [-0.05, 0) is 35.9 Å². The Morgan fingerprint density at radius 3 is 2.48 bits per heavy atom. The van der Waals surface area contributed by atoms with Crippen LogP contribution in [-0.4, -0.2) is 42.7 Å². The van der Waals surface area contributed by atoms with Gasteiger partial charge in [-0.3, -0.25) is 4.79 Å². The van der Waals surface area contributed by atoms with Gasteiger partial charge >= 0.3 is 0 Å². The summed E-state index contributed by atoms with van der Waals surface area (Å²) in [5.74, 6) is 1.63. The van der Waals surface area contributed by atoms with E-state index in [1.54, 1.807) is 11.8 Å². The lowest BCUT2D eigenvalue weighted by molar-refractivity contribution is -0.128. The molecule has 1 fully saturated rings. The van der Waals surface area contributed by atoms with Crippen molar-refractivity contribution in [1.29, 1.82) is 0 Å². The zero-order valence-corrected chi connectivity index (χ0v) is 17.0. The Morgan fingerprint density at radius 1 is 1.08 bits per heavy atom. The highest BCUT2D eigenvalue weighted by molar-refractivity contribution is 9.10. The van der Waals surface area contributed by atoms with E-state index in [0.717, 1.165) is 47.1 Å². The molecule has 0 aliphatic carbocycles. The standard InChI is InChI=1S/C19H20BrClN2OS/c20-16-6-4-15(5-7-16)13-25-14-19(24)23-10-8-22(9-11-23)18-3-1-2-17(21)12-18/h1-7,12H,8-11,13-14H2. The number of rotatable bonds is 5. The first-order valence-corrected chi connectivity index (χ1v) is 10.5. The lowest BCUT2D eigenvalue weighted by Gasteiger charge is -2.36. The Balaban J connectivity index is 1.43. The zero-order chi connectivity index (χ0) is 17.6. The number of amides is 1. The van der Waals surface area contributed by atoms with Crippen molar-refractivity contribution in [3.63, 3.8) is 0 Å². The van der Waals surface area contributed by atoms with Crippen LogP contribution in [0.1, 0.15) is 5.56 Å². The van der Waals surface area contributed by atoms with Gasteiger partial charge in [0.05, 0.1) is 5.75 Å². The lowest BCUT2D eigenvalue weighted by atomic mass is 10.2. The van der Waals surface area contributed by atoms with E-state index >= 15 is 0 Å². The number of carbonyl (C=O) groups excluding carboxylic acids is 1. The molecule has 0 unspecified atom stereocenters. The molecule has 3 rings (SSSR count). The summed E-state index contributed by atoms with van der Waals surface area (Å²) in [6.45, 7) is 3.24. The number of benzene rings is 2. The van der Waals surface area contributed by atoms with Crippen LogP contribution < -0.4 is 4.90 Å². The Morgan fingerprint density at radius 2 is 1.80 bits per heavy atom. The summed E-state index contributed by atoms with van der Waals surface area (Å²) < 4.78 is 1.08. The second-order valence-corrected chi connectivity index (χ2v) is 8.30. The molecule has 3 nitrogen and oxygen atoms in total. The fourth-order valence-corrected chi connectivity index (χ4v) is 4.15. The Bertz CT molecular complexity index is 718. The summed E-state index contributed by atoms with van der Waals surface area (Å²) in [6.07, 6.45) is 0. The van der Waals surface area contributed by atoms with Crippen LogP contribution in [0.2, 0.25) is 5.02 Å². The SMILES string of the molecule is O=C(CSCc1ccc(Br)cc1)N1CCN(c2cccc(Cl)c2)CC1. The molecular weight excluding hydrogens is 420 g/mol. The molecule has 2 aromatic rings. The topological polar surface area (TPSA) is 23.6 Å². The Labute approximate surface area is 166 Å². The Kier molecular flexibility index (Phi) is 6.68. The number of carbonyl (C=O) groups is 1. The molecule has 1 aliphatic rings. The van der Waals surface area contributed by atoms with Crippen LogP contribution in [0.3, 0.4) is 0 Å². The minimum absolute atomic E-state index is 0.229. The molecular formula is C19H20BrClN2OS. The highest BCUT2D eigenvalue weighted by atomic mass is 79.9.